The second kappa shape index (κ2) is 9.56. The molecule has 0 bridgehead atoms. The van der Waals surface area contributed by atoms with Crippen molar-refractivity contribution in [3.63, 3.8) is 0 Å². The number of pyridine rings is 1. The third-order valence-electron chi connectivity index (χ3n) is 5.46. The number of halogens is 1. The van der Waals surface area contributed by atoms with E-state index in [4.69, 9.17) is 5.73 Å². The summed E-state index contributed by atoms with van der Waals surface area (Å²) in [4.78, 5) is 13.9. The second-order valence-electron chi connectivity index (χ2n) is 7.44. The first-order valence-electron chi connectivity index (χ1n) is 9.75. The predicted molar refractivity (Wildman–Crippen MR) is 127 cm³/mol. The average Bonchev–Trinajstić information content (AvgIpc) is 3.15. The number of rotatable bonds is 4. The number of likely N-dealkylation sites (N-methyl/N-ethyl adjacent to an activating group) is 1. The largest absolute Gasteiger partial charge is 0.370 e. The molecular weight excluding hydrogens is 463 g/mol. The molecule has 2 aliphatic rings. The molecule has 1 aromatic carbocycles. The van der Waals surface area contributed by atoms with E-state index in [0.717, 1.165) is 49.7 Å². The van der Waals surface area contributed by atoms with E-state index in [1.54, 1.807) is 0 Å². The summed E-state index contributed by atoms with van der Waals surface area (Å²) in [5.41, 5.74) is 11.2. The van der Waals surface area contributed by atoms with Crippen molar-refractivity contribution in [2.75, 3.05) is 43.4 Å². The number of benzene rings is 1. The van der Waals surface area contributed by atoms with Crippen LogP contribution in [0.2, 0.25) is 0 Å². The predicted octanol–water partition coefficient (Wildman–Crippen LogP) is 2.87. The van der Waals surface area contributed by atoms with Crippen molar-refractivity contribution in [3.8, 4) is 0 Å². The van der Waals surface area contributed by atoms with E-state index in [9.17, 15) is 0 Å². The number of aromatic nitrogens is 1. The molecule has 0 radical (unpaired) electrons. The van der Waals surface area contributed by atoms with Crippen LogP contribution >= 0.6 is 24.0 Å². The van der Waals surface area contributed by atoms with Gasteiger partial charge in [-0.25, -0.2) is 9.98 Å². The molecule has 6 nitrogen and oxygen atoms in total. The second-order valence-corrected chi connectivity index (χ2v) is 7.44. The van der Waals surface area contributed by atoms with Crippen LogP contribution in [0.25, 0.3) is 0 Å². The number of nitrogens with one attached hydrogen (secondary N) is 1. The lowest BCUT2D eigenvalue weighted by atomic mass is 10.1. The monoisotopic (exact) mass is 492 g/mol. The van der Waals surface area contributed by atoms with Crippen molar-refractivity contribution in [1.29, 1.82) is 0 Å². The standard InChI is InChI=1S/C21H28N6.HI/c1-26-10-12-27(13-11-26)20-18(6-3-9-23-20)15-24-21(22)25-19-8-7-16-4-2-5-17(16)14-19;/h3,6-9,14H,2,4-5,10-13,15H2,1H3,(H3,22,24,25);1H. The molecule has 0 unspecified atom stereocenters. The van der Waals surface area contributed by atoms with E-state index in [1.807, 2.05) is 12.3 Å². The Kier molecular flexibility index (Phi) is 7.12. The lowest BCUT2D eigenvalue weighted by Crippen LogP contribution is -2.45. The molecule has 7 heteroatoms. The van der Waals surface area contributed by atoms with Crippen molar-refractivity contribution >= 4 is 41.4 Å². The number of fused-ring (bicyclic) bond motifs is 1. The zero-order valence-corrected chi connectivity index (χ0v) is 18.7. The van der Waals surface area contributed by atoms with Gasteiger partial charge in [0.2, 0.25) is 0 Å². The van der Waals surface area contributed by atoms with Crippen LogP contribution in [-0.2, 0) is 19.4 Å². The maximum atomic E-state index is 6.14. The van der Waals surface area contributed by atoms with Crippen LogP contribution in [0.15, 0.2) is 41.5 Å². The number of nitrogens with two attached hydrogens (primary N) is 1. The molecule has 1 aliphatic carbocycles. The molecule has 1 aliphatic heterocycles. The Morgan fingerprint density at radius 2 is 1.93 bits per heavy atom. The number of anilines is 2. The Morgan fingerprint density at radius 1 is 1.14 bits per heavy atom. The Morgan fingerprint density at radius 3 is 2.75 bits per heavy atom. The van der Waals surface area contributed by atoms with Gasteiger partial charge in [-0.1, -0.05) is 12.1 Å². The smallest absolute Gasteiger partial charge is 0.193 e. The highest BCUT2D eigenvalue weighted by Gasteiger charge is 2.17. The minimum Gasteiger partial charge on any atom is -0.370 e. The van der Waals surface area contributed by atoms with Gasteiger partial charge in [0.05, 0.1) is 6.54 Å². The first-order valence-corrected chi connectivity index (χ1v) is 9.75. The first kappa shape index (κ1) is 20.9. The van der Waals surface area contributed by atoms with Gasteiger partial charge in [0, 0.05) is 43.6 Å². The van der Waals surface area contributed by atoms with Gasteiger partial charge < -0.3 is 20.9 Å². The summed E-state index contributed by atoms with van der Waals surface area (Å²) in [5.74, 6) is 1.47. The fraction of sp³-hybridized carbons (Fsp3) is 0.429. The summed E-state index contributed by atoms with van der Waals surface area (Å²) in [7, 11) is 2.16. The van der Waals surface area contributed by atoms with Crippen LogP contribution in [0, 0.1) is 0 Å². The van der Waals surface area contributed by atoms with Gasteiger partial charge in [-0.05, 0) is 55.6 Å². The van der Waals surface area contributed by atoms with Gasteiger partial charge in [0.25, 0.3) is 0 Å². The maximum absolute atomic E-state index is 6.14. The van der Waals surface area contributed by atoms with E-state index in [2.05, 4.69) is 56.4 Å². The van der Waals surface area contributed by atoms with Crippen LogP contribution in [0.3, 0.4) is 0 Å². The molecule has 0 atom stereocenters. The third-order valence-corrected chi connectivity index (χ3v) is 5.46. The number of aliphatic imine (C=N–C) groups is 1. The van der Waals surface area contributed by atoms with Gasteiger partial charge >= 0.3 is 0 Å². The lowest BCUT2D eigenvalue weighted by Gasteiger charge is -2.34. The molecule has 1 saturated heterocycles. The molecule has 3 N–H and O–H groups in total. The third kappa shape index (κ3) is 4.94. The van der Waals surface area contributed by atoms with Crippen LogP contribution in [-0.4, -0.2) is 49.1 Å². The summed E-state index contributed by atoms with van der Waals surface area (Å²) in [5, 5.41) is 3.23. The molecule has 2 aromatic rings. The zero-order valence-electron chi connectivity index (χ0n) is 16.4. The molecule has 0 amide bonds. The molecule has 28 heavy (non-hydrogen) atoms. The molecule has 1 fully saturated rings. The SMILES string of the molecule is CN1CCN(c2ncccc2CN=C(N)Nc2ccc3c(c2)CCC3)CC1.I. The number of piperazine rings is 1. The Bertz CT molecular complexity index is 829. The first-order chi connectivity index (χ1) is 13.2. The van der Waals surface area contributed by atoms with Crippen LogP contribution in [0.1, 0.15) is 23.1 Å². The molecule has 0 saturated carbocycles. The van der Waals surface area contributed by atoms with Gasteiger partial charge in [-0.2, -0.15) is 0 Å². The number of aryl methyl sites for hydroxylation is 2. The molecule has 1 aromatic heterocycles. The number of hydrogen-bond acceptors (Lipinski definition) is 4. The topological polar surface area (TPSA) is 69.8 Å². The maximum Gasteiger partial charge on any atom is 0.193 e. The summed E-state index contributed by atoms with van der Waals surface area (Å²) in [6, 6.07) is 10.5. The Labute approximate surface area is 184 Å². The van der Waals surface area contributed by atoms with Crippen molar-refractivity contribution in [2.45, 2.75) is 25.8 Å². The van der Waals surface area contributed by atoms with Gasteiger partial charge in [-0.15, -0.1) is 24.0 Å². The highest BCUT2D eigenvalue weighted by atomic mass is 127. The van der Waals surface area contributed by atoms with Crippen LogP contribution < -0.4 is 16.0 Å². The minimum atomic E-state index is 0. The van der Waals surface area contributed by atoms with Crippen molar-refractivity contribution < 1.29 is 0 Å². The van der Waals surface area contributed by atoms with Crippen LogP contribution in [0.5, 0.6) is 0 Å². The summed E-state index contributed by atoms with van der Waals surface area (Å²) >= 11 is 0. The highest BCUT2D eigenvalue weighted by Crippen LogP contribution is 2.25. The van der Waals surface area contributed by atoms with Crippen molar-refractivity contribution in [1.82, 2.24) is 9.88 Å². The quantitative estimate of drug-likeness (QED) is 0.391. The normalized spacial score (nSPS) is 17.2. The van der Waals surface area contributed by atoms with E-state index < -0.39 is 0 Å². The summed E-state index contributed by atoms with van der Waals surface area (Å²) in [6.45, 7) is 4.63. The fourth-order valence-corrected chi connectivity index (χ4v) is 3.86. The number of nitrogens with zero attached hydrogens (tertiary/aromatic N) is 4. The Hall–Kier alpha value is -1.87. The number of guanidine groups is 1. The molecule has 2 heterocycles. The Balaban J connectivity index is 0.00000225. The highest BCUT2D eigenvalue weighted by molar-refractivity contribution is 14.0. The van der Waals surface area contributed by atoms with Gasteiger partial charge in [0.15, 0.2) is 5.96 Å². The average molecular weight is 492 g/mol. The van der Waals surface area contributed by atoms with Crippen molar-refractivity contribution in [2.24, 2.45) is 10.7 Å². The van der Waals surface area contributed by atoms with E-state index in [0.29, 0.717) is 12.5 Å². The molecular formula is C21H29IN6. The van der Waals surface area contributed by atoms with Gasteiger partial charge in [-0.3, -0.25) is 0 Å². The number of hydrogen-bond donors (Lipinski definition) is 2. The molecule has 0 spiro atoms. The molecule has 150 valence electrons. The summed E-state index contributed by atoms with van der Waals surface area (Å²) in [6.07, 6.45) is 5.45. The lowest BCUT2D eigenvalue weighted by molar-refractivity contribution is 0.312. The summed E-state index contributed by atoms with van der Waals surface area (Å²) < 4.78 is 0. The minimum absolute atomic E-state index is 0. The van der Waals surface area contributed by atoms with Crippen LogP contribution in [0.4, 0.5) is 11.5 Å². The van der Waals surface area contributed by atoms with E-state index in [-0.39, 0.29) is 24.0 Å². The molecule has 4 rings (SSSR count). The van der Waals surface area contributed by atoms with Gasteiger partial charge in [0.1, 0.15) is 5.82 Å². The van der Waals surface area contributed by atoms with E-state index >= 15 is 0 Å². The fourth-order valence-electron chi connectivity index (χ4n) is 3.86. The van der Waals surface area contributed by atoms with Crippen molar-refractivity contribution in [3.05, 3.63) is 53.2 Å². The van der Waals surface area contributed by atoms with E-state index in [1.165, 1.54) is 24.0 Å². The zero-order chi connectivity index (χ0) is 18.6.